The highest BCUT2D eigenvalue weighted by Crippen LogP contribution is 2.33. The molecule has 1 aromatic rings. The highest BCUT2D eigenvalue weighted by atomic mass is 31.2. The van der Waals surface area contributed by atoms with Crippen LogP contribution in [0.4, 0.5) is 10.2 Å². The first kappa shape index (κ1) is 33.7. The maximum atomic E-state index is 12.8. The van der Waals surface area contributed by atoms with Crippen molar-refractivity contribution in [3.63, 3.8) is 0 Å². The van der Waals surface area contributed by atoms with Crippen molar-refractivity contribution in [1.82, 2.24) is 9.55 Å². The third-order valence-electron chi connectivity index (χ3n) is 2.69. The zero-order chi connectivity index (χ0) is 26.8. The van der Waals surface area contributed by atoms with E-state index in [2.05, 4.69) is 4.98 Å². The number of ether oxygens (including phenoxy) is 1. The van der Waals surface area contributed by atoms with Gasteiger partial charge in [0.05, 0.1) is 12.9 Å². The predicted molar refractivity (Wildman–Crippen MR) is 102 cm³/mol. The quantitative estimate of drug-likeness (QED) is 0.156. The molecule has 2 heterocycles. The highest BCUT2D eigenvalue weighted by molar-refractivity contribution is 7.45. The number of hydrogen-bond acceptors (Lipinski definition) is 9. The van der Waals surface area contributed by atoms with Crippen molar-refractivity contribution in [3.8, 4) is 0 Å². The Balaban J connectivity index is 0. The van der Waals surface area contributed by atoms with Gasteiger partial charge in [-0.25, -0.2) is 22.9 Å². The average molecular weight is 551 g/mol. The summed E-state index contributed by atoms with van der Waals surface area (Å²) in [6, 6.07) is 1.35. The number of halogens is 1. The summed E-state index contributed by atoms with van der Waals surface area (Å²) < 4.78 is 45.6. The largest absolute Gasteiger partial charge is 0.466 e. The molecule has 1 aliphatic rings. The number of aliphatic hydroxyl groups excluding tert-OH is 2. The van der Waals surface area contributed by atoms with E-state index >= 15 is 0 Å². The number of aromatic nitrogens is 2. The van der Waals surface area contributed by atoms with E-state index in [-0.39, 0.29) is 17.7 Å². The number of nitrogens with zero attached hydrogens (tertiary/aromatic N) is 2. The lowest BCUT2D eigenvalue weighted by Crippen LogP contribution is -2.28. The lowest BCUT2D eigenvalue weighted by atomic mass is 10.1. The van der Waals surface area contributed by atoms with Gasteiger partial charge in [-0.15, -0.1) is 0 Å². The molecule has 0 aliphatic carbocycles. The SMILES string of the molecule is Nc1ccn([C@@H]2O[C@H](CO)[C@@H](O)C2=CF)c(=O)n1.O=P(O)(O)O.O=P(O)(O)O.O=P(O)(O)O. The van der Waals surface area contributed by atoms with Gasteiger partial charge in [-0.05, 0) is 6.07 Å². The second-order valence-electron chi connectivity index (χ2n) is 5.35. The number of aliphatic hydroxyl groups is 2. The maximum absolute atomic E-state index is 12.8. The number of hydrogen-bond donors (Lipinski definition) is 12. The van der Waals surface area contributed by atoms with E-state index in [1.807, 2.05) is 0 Å². The number of anilines is 1. The van der Waals surface area contributed by atoms with Crippen LogP contribution in [0.5, 0.6) is 0 Å². The van der Waals surface area contributed by atoms with Crippen LogP contribution in [0.15, 0.2) is 29.0 Å². The van der Waals surface area contributed by atoms with Gasteiger partial charge in [0.25, 0.3) is 0 Å². The summed E-state index contributed by atoms with van der Waals surface area (Å²) in [6.07, 6.45) is -1.99. The van der Waals surface area contributed by atoms with Crippen molar-refractivity contribution in [2.24, 2.45) is 0 Å². The van der Waals surface area contributed by atoms with E-state index < -0.39 is 54.2 Å². The normalized spacial score (nSPS) is 21.7. The number of nitrogen functional groups attached to an aromatic ring is 1. The van der Waals surface area contributed by atoms with Gasteiger partial charge in [-0.1, -0.05) is 0 Å². The summed E-state index contributed by atoms with van der Waals surface area (Å²) >= 11 is 0. The molecule has 0 spiro atoms. The molecule has 0 unspecified atom stereocenters. The van der Waals surface area contributed by atoms with Crippen LogP contribution in [-0.4, -0.2) is 82.6 Å². The molecular formula is C10H21FN3O16P3. The van der Waals surface area contributed by atoms with Crippen LogP contribution in [0.2, 0.25) is 0 Å². The van der Waals surface area contributed by atoms with Gasteiger partial charge in [0, 0.05) is 11.8 Å². The van der Waals surface area contributed by atoms with Crippen molar-refractivity contribution >= 4 is 29.3 Å². The van der Waals surface area contributed by atoms with Gasteiger partial charge in [-0.2, -0.15) is 4.98 Å². The number of rotatable bonds is 2. The average Bonchev–Trinajstić information content (AvgIpc) is 2.85. The smallest absolute Gasteiger partial charge is 0.394 e. The first-order valence-electron chi connectivity index (χ1n) is 7.52. The lowest BCUT2D eigenvalue weighted by Gasteiger charge is -2.14. The zero-order valence-electron chi connectivity index (χ0n) is 15.8. The monoisotopic (exact) mass is 551 g/mol. The van der Waals surface area contributed by atoms with Crippen LogP contribution in [0.1, 0.15) is 6.23 Å². The fraction of sp³-hybridized carbons (Fsp3) is 0.400. The molecule has 13 N–H and O–H groups in total. The summed E-state index contributed by atoms with van der Waals surface area (Å²) in [5.74, 6) is 0.0271. The fourth-order valence-electron chi connectivity index (χ4n) is 1.77. The lowest BCUT2D eigenvalue weighted by molar-refractivity contribution is -0.0447. The van der Waals surface area contributed by atoms with E-state index in [0.717, 1.165) is 4.57 Å². The van der Waals surface area contributed by atoms with Crippen LogP contribution >= 0.6 is 23.5 Å². The Kier molecular flexibility index (Phi) is 14.4. The van der Waals surface area contributed by atoms with Gasteiger partial charge in [0.1, 0.15) is 18.0 Å². The molecule has 0 radical (unpaired) electrons. The minimum atomic E-state index is -4.64. The van der Waals surface area contributed by atoms with Gasteiger partial charge in [-0.3, -0.25) is 4.57 Å². The van der Waals surface area contributed by atoms with Crippen molar-refractivity contribution < 1.29 is 77.1 Å². The van der Waals surface area contributed by atoms with Crippen LogP contribution in [0.3, 0.4) is 0 Å². The summed E-state index contributed by atoms with van der Waals surface area (Å²) in [5, 5.41) is 18.6. The Morgan fingerprint density at radius 1 is 1.03 bits per heavy atom. The molecule has 2 rings (SSSR count). The molecule has 0 aromatic carbocycles. The van der Waals surface area contributed by atoms with Crippen LogP contribution in [0, 0.1) is 0 Å². The molecule has 33 heavy (non-hydrogen) atoms. The molecule has 3 atom stereocenters. The molecule has 1 aliphatic heterocycles. The van der Waals surface area contributed by atoms with E-state index in [9.17, 15) is 14.3 Å². The zero-order valence-corrected chi connectivity index (χ0v) is 18.5. The van der Waals surface area contributed by atoms with E-state index in [1.165, 1.54) is 12.3 Å². The standard InChI is InChI=1S/C10H12FN3O4.3H3O4P/c11-3-5-8(16)6(4-15)18-9(5)14-2-1-7(12)13-10(14)17;3*1-5(2,3)4/h1-3,6,8-9,15-16H,4H2,(H2,12,13,17);3*(H3,1,2,3,4)/t6-,8+,9-;;;/m1.../s1. The molecule has 0 saturated carbocycles. The number of nitrogens with two attached hydrogens (primary N) is 1. The van der Waals surface area contributed by atoms with Crippen molar-refractivity contribution in [1.29, 1.82) is 0 Å². The van der Waals surface area contributed by atoms with E-state index in [4.69, 9.17) is 73.3 Å². The Morgan fingerprint density at radius 2 is 1.42 bits per heavy atom. The second kappa shape index (κ2) is 14.1. The molecule has 194 valence electrons. The molecule has 0 amide bonds. The summed E-state index contributed by atoms with van der Waals surface area (Å²) in [7, 11) is -13.9. The fourth-order valence-corrected chi connectivity index (χ4v) is 1.77. The third-order valence-corrected chi connectivity index (χ3v) is 2.69. The molecule has 19 nitrogen and oxygen atoms in total. The third kappa shape index (κ3) is 19.7. The first-order valence-corrected chi connectivity index (χ1v) is 12.2. The van der Waals surface area contributed by atoms with Gasteiger partial charge in [0.2, 0.25) is 0 Å². The number of phosphoric acid groups is 3. The summed E-state index contributed by atoms with van der Waals surface area (Å²) in [5.41, 5.74) is 4.45. The summed E-state index contributed by atoms with van der Waals surface area (Å²) in [4.78, 5) is 79.7. The molecule has 1 saturated heterocycles. The maximum Gasteiger partial charge on any atom is 0.466 e. The van der Waals surface area contributed by atoms with Crippen molar-refractivity contribution in [2.45, 2.75) is 18.4 Å². The van der Waals surface area contributed by atoms with E-state index in [1.54, 1.807) is 0 Å². The Hall–Kier alpha value is -1.44. The van der Waals surface area contributed by atoms with Crippen LogP contribution in [0.25, 0.3) is 0 Å². The van der Waals surface area contributed by atoms with Crippen LogP contribution < -0.4 is 11.4 Å². The molecular weight excluding hydrogens is 530 g/mol. The molecule has 1 aromatic heterocycles. The Bertz CT molecular complexity index is 896. The first-order chi connectivity index (χ1) is 14.6. The topological polar surface area (TPSA) is 344 Å². The Morgan fingerprint density at radius 3 is 1.73 bits per heavy atom. The Labute approximate surface area is 182 Å². The van der Waals surface area contributed by atoms with Gasteiger partial charge in [0.15, 0.2) is 6.23 Å². The minimum absolute atomic E-state index is 0.0271. The van der Waals surface area contributed by atoms with Gasteiger partial charge >= 0.3 is 29.2 Å². The molecule has 23 heteroatoms. The molecule has 1 fully saturated rings. The van der Waals surface area contributed by atoms with Crippen molar-refractivity contribution in [2.75, 3.05) is 12.3 Å². The second-order valence-corrected chi connectivity index (χ2v) is 8.43. The highest BCUT2D eigenvalue weighted by Gasteiger charge is 2.40. The minimum Gasteiger partial charge on any atom is -0.394 e. The van der Waals surface area contributed by atoms with Gasteiger partial charge < -0.3 is 64.7 Å². The van der Waals surface area contributed by atoms with Crippen LogP contribution in [-0.2, 0) is 18.4 Å². The van der Waals surface area contributed by atoms with Crippen molar-refractivity contribution in [3.05, 3.63) is 34.7 Å². The summed E-state index contributed by atoms with van der Waals surface area (Å²) in [6.45, 7) is -0.494. The predicted octanol–water partition coefficient (Wildman–Crippen LogP) is -3.86. The van der Waals surface area contributed by atoms with E-state index in [0.29, 0.717) is 0 Å². The molecule has 0 bridgehead atoms.